The van der Waals surface area contributed by atoms with E-state index in [9.17, 15) is 4.79 Å². The van der Waals surface area contributed by atoms with E-state index in [0.29, 0.717) is 17.2 Å². The Morgan fingerprint density at radius 2 is 0.920 bits per heavy atom. The van der Waals surface area contributed by atoms with E-state index in [1.54, 1.807) is 36.4 Å². The molecule has 0 aliphatic heterocycles. The minimum absolute atomic E-state index is 0.486. The molecule has 5 nitrogen and oxygen atoms in total. The summed E-state index contributed by atoms with van der Waals surface area (Å²) in [5.74, 6) is 1.46. The van der Waals surface area contributed by atoms with Crippen molar-refractivity contribution in [3.05, 3.63) is 91.0 Å². The molecule has 3 aromatic carbocycles. The molecule has 3 rings (SSSR count). The number of hydrogen-bond donors (Lipinski definition) is 0. The van der Waals surface area contributed by atoms with Crippen molar-refractivity contribution in [3.63, 3.8) is 0 Å². The third-order valence-corrected chi connectivity index (χ3v) is 5.00. The number of carbonyl (C=O) groups excluding carboxylic acids is 1. The molecule has 0 radical (unpaired) electrons. The summed E-state index contributed by atoms with van der Waals surface area (Å²) in [5.41, 5.74) is 0. The molecule has 124 valence electrons. The molecule has 0 fully saturated rings. The van der Waals surface area contributed by atoms with Crippen molar-refractivity contribution in [1.29, 1.82) is 0 Å². The van der Waals surface area contributed by atoms with Gasteiger partial charge in [-0.25, -0.2) is 4.79 Å². The van der Waals surface area contributed by atoms with Crippen molar-refractivity contribution in [2.75, 3.05) is 0 Å². The minimum Gasteiger partial charge on any atom is -0.466 e. The molecule has 0 aliphatic carbocycles. The number of para-hydroxylation sites is 3. The van der Waals surface area contributed by atoms with Gasteiger partial charge in [0.05, 0.1) is 0 Å². The predicted octanol–water partition coefficient (Wildman–Crippen LogP) is 3.99. The van der Waals surface area contributed by atoms with Gasteiger partial charge < -0.3 is 13.3 Å². The van der Waals surface area contributed by atoms with Gasteiger partial charge in [0.25, 0.3) is 0 Å². The van der Waals surface area contributed by atoms with Crippen molar-refractivity contribution in [3.8, 4) is 17.2 Å². The molecule has 0 amide bonds. The Morgan fingerprint density at radius 1 is 0.600 bits per heavy atom. The van der Waals surface area contributed by atoms with Crippen LogP contribution in [0.25, 0.3) is 0 Å². The average molecular weight is 349 g/mol. The Bertz CT molecular complexity index is 736. The van der Waals surface area contributed by atoms with Gasteiger partial charge in [-0.05, 0) is 36.4 Å². The number of hydrogen-bond acceptors (Lipinski definition) is 5. The lowest BCUT2D eigenvalue weighted by molar-refractivity contribution is 0.263. The van der Waals surface area contributed by atoms with Crippen molar-refractivity contribution in [2.24, 2.45) is 4.66 Å². The van der Waals surface area contributed by atoms with Crippen LogP contribution in [-0.4, -0.2) is 15.0 Å². The van der Waals surface area contributed by atoms with Gasteiger partial charge in [0.1, 0.15) is 17.2 Å². The van der Waals surface area contributed by atoms with E-state index in [0.717, 1.165) is 0 Å². The van der Waals surface area contributed by atoms with Crippen LogP contribution in [-0.2, 0) is 4.79 Å². The summed E-state index contributed by atoms with van der Waals surface area (Å²) in [6.07, 6.45) is 1.53. The molecule has 0 spiro atoms. The van der Waals surface area contributed by atoms with Gasteiger partial charge >= 0.3 is 8.97 Å². The summed E-state index contributed by atoms with van der Waals surface area (Å²) in [5, 5.41) is 0. The van der Waals surface area contributed by atoms with Gasteiger partial charge in [-0.1, -0.05) is 54.6 Å². The smallest absolute Gasteiger partial charge is 0.466 e. The van der Waals surface area contributed by atoms with E-state index < -0.39 is 8.97 Å². The Hall–Kier alpha value is -3.34. The fraction of sp³-hybridized carbons (Fsp3) is 0. The summed E-state index contributed by atoms with van der Waals surface area (Å²) >= 11 is 0. The molecular weight excluding hydrogens is 334 g/mol. The second kappa shape index (κ2) is 7.96. The first-order chi connectivity index (χ1) is 12.3. The number of rotatable bonds is 7. The third kappa shape index (κ3) is 4.57. The second-order valence-electron chi connectivity index (χ2n) is 4.97. The molecule has 3 aromatic rings. The zero-order chi connectivity index (χ0) is 17.4. The Morgan fingerprint density at radius 3 is 1.20 bits per heavy atom. The van der Waals surface area contributed by atoms with Crippen molar-refractivity contribution >= 4 is 15.0 Å². The largest absolute Gasteiger partial charge is 0.872 e. The van der Waals surface area contributed by atoms with Crippen LogP contribution in [0.5, 0.6) is 17.2 Å². The first kappa shape index (κ1) is 16.5. The standard InChI is InChI=1S/C19H15NO4Si/c21-16-20-25(22-17-10-4-1-5-11-17,23-18-12-6-2-7-13-18)24-19-14-8-3-9-15-19/h1-15H. The normalized spacial score (nSPS) is 10.4. The van der Waals surface area contributed by atoms with Gasteiger partial charge in [-0.3, -0.25) is 0 Å². The zero-order valence-corrected chi connectivity index (χ0v) is 14.2. The van der Waals surface area contributed by atoms with Crippen LogP contribution < -0.4 is 13.3 Å². The lowest BCUT2D eigenvalue weighted by atomic mass is 10.3. The Kier molecular flexibility index (Phi) is 5.26. The van der Waals surface area contributed by atoms with Crippen LogP contribution >= 0.6 is 0 Å². The van der Waals surface area contributed by atoms with Crippen LogP contribution in [0.1, 0.15) is 0 Å². The summed E-state index contributed by atoms with van der Waals surface area (Å²) in [7, 11) is -3.82. The maximum Gasteiger partial charge on any atom is 0.872 e. The quantitative estimate of drug-likeness (QED) is 0.368. The molecular formula is C19H15NO4Si. The number of nitrogens with zero attached hydrogens (tertiary/aromatic N) is 1. The van der Waals surface area contributed by atoms with Crippen LogP contribution in [0, 0.1) is 0 Å². The van der Waals surface area contributed by atoms with Crippen LogP contribution in [0.2, 0.25) is 0 Å². The van der Waals surface area contributed by atoms with Crippen LogP contribution in [0.4, 0.5) is 0 Å². The third-order valence-electron chi connectivity index (χ3n) is 3.15. The molecule has 0 saturated heterocycles. The molecule has 0 N–H and O–H groups in total. The van der Waals surface area contributed by atoms with Gasteiger partial charge in [0.15, 0.2) is 0 Å². The van der Waals surface area contributed by atoms with Crippen molar-refractivity contribution < 1.29 is 18.1 Å². The maximum atomic E-state index is 11.1. The monoisotopic (exact) mass is 349 g/mol. The molecule has 0 saturated carbocycles. The van der Waals surface area contributed by atoms with Gasteiger partial charge in [-0.15, -0.1) is 4.66 Å². The molecule has 0 heterocycles. The van der Waals surface area contributed by atoms with E-state index in [4.69, 9.17) is 13.3 Å². The topological polar surface area (TPSA) is 57.1 Å². The summed E-state index contributed by atoms with van der Waals surface area (Å²) in [6, 6.07) is 26.9. The SMILES string of the molecule is O=C=N[Si](Oc1ccccc1)(Oc1ccccc1)Oc1ccccc1. The minimum atomic E-state index is -3.82. The average Bonchev–Trinajstić information content (AvgIpc) is 2.64. The van der Waals surface area contributed by atoms with E-state index in [1.807, 2.05) is 54.6 Å². The second-order valence-corrected chi connectivity index (χ2v) is 6.86. The fourth-order valence-corrected chi connectivity index (χ4v) is 3.77. The lowest BCUT2D eigenvalue weighted by Gasteiger charge is -2.24. The Labute approximate surface area is 146 Å². The zero-order valence-electron chi connectivity index (χ0n) is 13.2. The summed E-state index contributed by atoms with van der Waals surface area (Å²) in [4.78, 5) is 11.1. The maximum absolute atomic E-state index is 11.1. The molecule has 0 atom stereocenters. The van der Waals surface area contributed by atoms with Crippen molar-refractivity contribution in [1.82, 2.24) is 0 Å². The van der Waals surface area contributed by atoms with E-state index in [2.05, 4.69) is 4.66 Å². The van der Waals surface area contributed by atoms with Gasteiger partial charge in [0, 0.05) is 0 Å². The van der Waals surface area contributed by atoms with E-state index >= 15 is 0 Å². The molecule has 0 aliphatic rings. The predicted molar refractivity (Wildman–Crippen MR) is 95.1 cm³/mol. The fourth-order valence-electron chi connectivity index (χ4n) is 2.10. The van der Waals surface area contributed by atoms with Crippen molar-refractivity contribution in [2.45, 2.75) is 0 Å². The first-order valence-corrected chi connectivity index (χ1v) is 9.28. The molecule has 0 aromatic heterocycles. The van der Waals surface area contributed by atoms with E-state index in [1.165, 1.54) is 6.08 Å². The highest BCUT2D eigenvalue weighted by Gasteiger charge is 2.53. The molecule has 25 heavy (non-hydrogen) atoms. The molecule has 0 bridgehead atoms. The van der Waals surface area contributed by atoms with E-state index in [-0.39, 0.29) is 0 Å². The summed E-state index contributed by atoms with van der Waals surface area (Å²) in [6.45, 7) is 0. The number of benzene rings is 3. The highest BCUT2D eigenvalue weighted by molar-refractivity contribution is 6.62. The van der Waals surface area contributed by atoms with Crippen LogP contribution in [0.15, 0.2) is 95.7 Å². The van der Waals surface area contributed by atoms with Gasteiger partial charge in [-0.2, -0.15) is 0 Å². The highest BCUT2D eigenvalue weighted by atomic mass is 28.4. The number of isocyanates is 1. The molecule has 6 heteroatoms. The lowest BCUT2D eigenvalue weighted by Crippen LogP contribution is -2.53. The highest BCUT2D eigenvalue weighted by Crippen LogP contribution is 2.24. The molecule has 0 unspecified atom stereocenters. The summed E-state index contributed by atoms with van der Waals surface area (Å²) < 4.78 is 21.6. The van der Waals surface area contributed by atoms with Gasteiger partial charge in [0.2, 0.25) is 6.08 Å². The first-order valence-electron chi connectivity index (χ1n) is 7.61. The van der Waals surface area contributed by atoms with Crippen LogP contribution in [0.3, 0.4) is 0 Å². The Balaban J connectivity index is 1.98.